The molecule has 1 aliphatic heterocycles. The lowest BCUT2D eigenvalue weighted by molar-refractivity contribution is 0.0879. The van der Waals surface area contributed by atoms with E-state index in [1.54, 1.807) is 18.2 Å². The summed E-state index contributed by atoms with van der Waals surface area (Å²) in [5.41, 5.74) is 2.78. The molecule has 0 aliphatic carbocycles. The van der Waals surface area contributed by atoms with Crippen LogP contribution in [0.15, 0.2) is 36.4 Å². The van der Waals surface area contributed by atoms with E-state index in [1.807, 2.05) is 32.0 Å². The minimum Gasteiger partial charge on any atom is -0.456 e. The Morgan fingerprint density at radius 1 is 0.900 bits per heavy atom. The highest BCUT2D eigenvalue weighted by molar-refractivity contribution is 6.22. The molecule has 0 saturated carbocycles. The predicted octanol–water partition coefficient (Wildman–Crippen LogP) is 2.98. The summed E-state index contributed by atoms with van der Waals surface area (Å²) in [6.07, 6.45) is 0. The van der Waals surface area contributed by atoms with Crippen molar-refractivity contribution < 1.29 is 14.3 Å². The molecule has 0 spiro atoms. The first-order valence-electron chi connectivity index (χ1n) is 6.30. The number of amides is 2. The highest BCUT2D eigenvalue weighted by Gasteiger charge is 2.30. The van der Waals surface area contributed by atoms with E-state index in [-0.39, 0.29) is 5.91 Å². The van der Waals surface area contributed by atoms with Gasteiger partial charge in [-0.15, -0.1) is 0 Å². The molecule has 0 unspecified atom stereocenters. The Balaban J connectivity index is 2.07. The van der Waals surface area contributed by atoms with Crippen molar-refractivity contribution in [1.29, 1.82) is 0 Å². The molecule has 20 heavy (non-hydrogen) atoms. The molecule has 1 heterocycles. The Hall–Kier alpha value is -2.62. The number of hydrogen-bond donors (Lipinski definition) is 1. The van der Waals surface area contributed by atoms with Gasteiger partial charge in [-0.3, -0.25) is 14.9 Å². The fourth-order valence-electron chi connectivity index (χ4n) is 2.23. The molecule has 100 valence electrons. The number of hydrogen-bond acceptors (Lipinski definition) is 3. The number of ether oxygens (including phenoxy) is 1. The van der Waals surface area contributed by atoms with Crippen LogP contribution in [0.3, 0.4) is 0 Å². The van der Waals surface area contributed by atoms with Crippen LogP contribution in [0, 0.1) is 13.8 Å². The average Bonchev–Trinajstić information content (AvgIpc) is 2.72. The van der Waals surface area contributed by atoms with Crippen LogP contribution in [0.4, 0.5) is 0 Å². The number of aryl methyl sites for hydroxylation is 1. The average molecular weight is 267 g/mol. The lowest BCUT2D eigenvalue weighted by Crippen LogP contribution is -2.20. The molecular formula is C16H13NO3. The Labute approximate surface area is 116 Å². The maximum atomic E-state index is 11.8. The van der Waals surface area contributed by atoms with Crippen molar-refractivity contribution in [2.45, 2.75) is 13.8 Å². The predicted molar refractivity (Wildman–Crippen MR) is 74.2 cm³/mol. The third-order valence-corrected chi connectivity index (χ3v) is 3.50. The molecule has 2 aromatic rings. The van der Waals surface area contributed by atoms with Crippen molar-refractivity contribution in [3.05, 3.63) is 58.7 Å². The number of imide groups is 1. The van der Waals surface area contributed by atoms with Gasteiger partial charge in [0.25, 0.3) is 11.8 Å². The molecule has 0 radical (unpaired) electrons. The number of carbonyl (C=O) groups excluding carboxylic acids is 2. The van der Waals surface area contributed by atoms with Gasteiger partial charge < -0.3 is 4.74 Å². The molecule has 0 bridgehead atoms. The molecule has 3 rings (SSSR count). The van der Waals surface area contributed by atoms with Crippen LogP contribution in [0.1, 0.15) is 31.8 Å². The van der Waals surface area contributed by atoms with Gasteiger partial charge in [0.1, 0.15) is 11.5 Å². The Kier molecular flexibility index (Phi) is 2.79. The molecular weight excluding hydrogens is 254 g/mol. The van der Waals surface area contributed by atoms with Crippen LogP contribution < -0.4 is 10.1 Å². The minimum absolute atomic E-state index is 0.304. The summed E-state index contributed by atoms with van der Waals surface area (Å²) in [4.78, 5) is 23.4. The van der Waals surface area contributed by atoms with E-state index < -0.39 is 5.91 Å². The van der Waals surface area contributed by atoms with Gasteiger partial charge in [0.15, 0.2) is 0 Å². The minimum atomic E-state index is -0.411. The summed E-state index contributed by atoms with van der Waals surface area (Å²) in [6, 6.07) is 10.7. The first-order chi connectivity index (χ1) is 9.58. The van der Waals surface area contributed by atoms with Crippen LogP contribution in [0.25, 0.3) is 0 Å². The molecule has 1 N–H and O–H groups in total. The summed E-state index contributed by atoms with van der Waals surface area (Å²) in [5.74, 6) is 0.299. The SMILES string of the molecule is Cc1cccc(Oc2cccc3c2C(=O)NC3=O)c1C. The normalized spacial score (nSPS) is 13.1. The van der Waals surface area contributed by atoms with Crippen molar-refractivity contribution in [2.75, 3.05) is 0 Å². The van der Waals surface area contributed by atoms with Crippen LogP contribution in [-0.2, 0) is 0 Å². The quantitative estimate of drug-likeness (QED) is 0.851. The van der Waals surface area contributed by atoms with Crippen LogP contribution >= 0.6 is 0 Å². The molecule has 2 aromatic carbocycles. The van der Waals surface area contributed by atoms with Crippen LogP contribution in [-0.4, -0.2) is 11.8 Å². The number of carbonyl (C=O) groups is 2. The zero-order valence-corrected chi connectivity index (χ0v) is 11.2. The number of benzene rings is 2. The number of rotatable bonds is 2. The third kappa shape index (κ3) is 1.86. The fraction of sp³-hybridized carbons (Fsp3) is 0.125. The molecule has 4 heteroatoms. The standard InChI is InChI=1S/C16H13NO3/c1-9-5-3-7-12(10(9)2)20-13-8-4-6-11-14(13)16(19)17-15(11)18/h3-8H,1-2H3,(H,17,18,19). The largest absolute Gasteiger partial charge is 0.456 e. The Morgan fingerprint density at radius 2 is 1.60 bits per heavy atom. The molecule has 0 fully saturated rings. The smallest absolute Gasteiger partial charge is 0.262 e. The first kappa shape index (κ1) is 12.4. The van der Waals surface area contributed by atoms with Gasteiger partial charge in [0.2, 0.25) is 0 Å². The monoisotopic (exact) mass is 267 g/mol. The zero-order valence-electron chi connectivity index (χ0n) is 11.2. The third-order valence-electron chi connectivity index (χ3n) is 3.50. The zero-order chi connectivity index (χ0) is 14.3. The van der Waals surface area contributed by atoms with Crippen molar-refractivity contribution in [3.8, 4) is 11.5 Å². The summed E-state index contributed by atoms with van der Waals surface area (Å²) in [5, 5.41) is 2.28. The van der Waals surface area contributed by atoms with Crippen molar-refractivity contribution in [1.82, 2.24) is 5.32 Å². The van der Waals surface area contributed by atoms with Gasteiger partial charge in [0, 0.05) is 0 Å². The van der Waals surface area contributed by atoms with Crippen LogP contribution in [0.2, 0.25) is 0 Å². The van der Waals surface area contributed by atoms with E-state index in [4.69, 9.17) is 4.74 Å². The van der Waals surface area contributed by atoms with Gasteiger partial charge in [-0.25, -0.2) is 0 Å². The summed E-state index contributed by atoms with van der Waals surface area (Å²) in [6.45, 7) is 3.95. The Morgan fingerprint density at radius 3 is 2.40 bits per heavy atom. The fourth-order valence-corrected chi connectivity index (χ4v) is 2.23. The van der Waals surface area contributed by atoms with Crippen molar-refractivity contribution in [3.63, 3.8) is 0 Å². The summed E-state index contributed by atoms with van der Waals surface area (Å²) in [7, 11) is 0. The Bertz CT molecular complexity index is 734. The van der Waals surface area contributed by atoms with Crippen LogP contribution in [0.5, 0.6) is 11.5 Å². The van der Waals surface area contributed by atoms with Crippen molar-refractivity contribution >= 4 is 11.8 Å². The van der Waals surface area contributed by atoms with E-state index in [0.717, 1.165) is 11.1 Å². The second kappa shape index (κ2) is 4.49. The highest BCUT2D eigenvalue weighted by atomic mass is 16.5. The molecule has 0 atom stereocenters. The topological polar surface area (TPSA) is 55.4 Å². The second-order valence-electron chi connectivity index (χ2n) is 4.76. The highest BCUT2D eigenvalue weighted by Crippen LogP contribution is 2.32. The van der Waals surface area contributed by atoms with Gasteiger partial charge in [-0.05, 0) is 43.2 Å². The van der Waals surface area contributed by atoms with Gasteiger partial charge >= 0.3 is 0 Å². The molecule has 4 nitrogen and oxygen atoms in total. The maximum absolute atomic E-state index is 11.8. The van der Waals surface area contributed by atoms with E-state index >= 15 is 0 Å². The maximum Gasteiger partial charge on any atom is 0.262 e. The first-order valence-corrected chi connectivity index (χ1v) is 6.30. The van der Waals surface area contributed by atoms with E-state index in [2.05, 4.69) is 5.32 Å². The van der Waals surface area contributed by atoms with Gasteiger partial charge in [-0.1, -0.05) is 18.2 Å². The molecule has 2 amide bonds. The van der Waals surface area contributed by atoms with E-state index in [1.165, 1.54) is 0 Å². The lowest BCUT2D eigenvalue weighted by atomic mass is 10.1. The second-order valence-corrected chi connectivity index (χ2v) is 4.76. The summed E-state index contributed by atoms with van der Waals surface area (Å²) >= 11 is 0. The molecule has 0 aromatic heterocycles. The molecule has 1 aliphatic rings. The number of fused-ring (bicyclic) bond motifs is 1. The van der Waals surface area contributed by atoms with E-state index in [9.17, 15) is 9.59 Å². The molecule has 0 saturated heterocycles. The van der Waals surface area contributed by atoms with Gasteiger partial charge in [0.05, 0.1) is 11.1 Å². The number of nitrogens with one attached hydrogen (secondary N) is 1. The van der Waals surface area contributed by atoms with Crippen molar-refractivity contribution in [2.24, 2.45) is 0 Å². The van der Waals surface area contributed by atoms with E-state index in [0.29, 0.717) is 22.6 Å². The van der Waals surface area contributed by atoms with Gasteiger partial charge in [-0.2, -0.15) is 0 Å². The summed E-state index contributed by atoms with van der Waals surface area (Å²) < 4.78 is 5.84. The lowest BCUT2D eigenvalue weighted by Gasteiger charge is -2.12.